The minimum atomic E-state index is -0.542. The first-order valence-corrected chi connectivity index (χ1v) is 6.95. The Kier molecular flexibility index (Phi) is 4.44. The van der Waals surface area contributed by atoms with Crippen molar-refractivity contribution in [2.45, 2.75) is 33.2 Å². The zero-order valence-electron chi connectivity index (χ0n) is 12.7. The van der Waals surface area contributed by atoms with Gasteiger partial charge in [0.15, 0.2) is 0 Å². The van der Waals surface area contributed by atoms with Gasteiger partial charge >= 0.3 is 5.69 Å². The molecule has 1 heterocycles. The van der Waals surface area contributed by atoms with Gasteiger partial charge in [0, 0.05) is 0 Å². The van der Waals surface area contributed by atoms with E-state index in [1.54, 1.807) is 12.1 Å². The summed E-state index contributed by atoms with van der Waals surface area (Å²) in [7, 11) is 0. The van der Waals surface area contributed by atoms with Gasteiger partial charge in [-0.05, 0) is 29.5 Å². The van der Waals surface area contributed by atoms with Crippen molar-refractivity contribution < 1.29 is 9.18 Å². The van der Waals surface area contributed by atoms with Crippen molar-refractivity contribution in [1.82, 2.24) is 20.5 Å². The van der Waals surface area contributed by atoms with Crippen molar-refractivity contribution in [3.63, 3.8) is 0 Å². The van der Waals surface area contributed by atoms with Gasteiger partial charge in [0.05, 0.1) is 6.04 Å². The molecule has 118 valence electrons. The third-order valence-electron chi connectivity index (χ3n) is 3.11. The first-order valence-electron chi connectivity index (χ1n) is 6.95. The molecule has 1 atom stereocenters. The van der Waals surface area contributed by atoms with E-state index in [9.17, 15) is 14.0 Å². The first-order chi connectivity index (χ1) is 10.2. The maximum Gasteiger partial charge on any atom is 0.341 e. The molecule has 0 saturated carbocycles. The molecule has 0 aliphatic heterocycles. The number of benzene rings is 1. The SMILES string of the molecule is CC(C)(C)C[C@H](NC(=O)c1n[nH]c(=O)[nH]1)c1ccc(F)cc1. The zero-order valence-corrected chi connectivity index (χ0v) is 12.7. The standard InChI is InChI=1S/C15H19FN4O2/c1-15(2,3)8-11(9-4-6-10(16)7-5-9)17-13(21)12-18-14(22)20-19-12/h4-7,11H,8H2,1-3H3,(H,17,21)(H2,18,19,20,22)/t11-/m0/s1. The zero-order chi connectivity index (χ0) is 16.3. The van der Waals surface area contributed by atoms with Crippen LogP contribution in [0.2, 0.25) is 0 Å². The molecule has 0 aliphatic carbocycles. The van der Waals surface area contributed by atoms with E-state index in [1.807, 2.05) is 20.8 Å². The van der Waals surface area contributed by atoms with Crippen LogP contribution in [-0.2, 0) is 0 Å². The summed E-state index contributed by atoms with van der Waals surface area (Å²) in [4.78, 5) is 25.5. The number of hydrogen-bond acceptors (Lipinski definition) is 3. The second kappa shape index (κ2) is 6.13. The van der Waals surface area contributed by atoms with Crippen molar-refractivity contribution >= 4 is 5.91 Å². The normalized spacial score (nSPS) is 12.9. The maximum absolute atomic E-state index is 13.1. The summed E-state index contributed by atoms with van der Waals surface area (Å²) in [6.45, 7) is 6.14. The molecule has 3 N–H and O–H groups in total. The molecule has 22 heavy (non-hydrogen) atoms. The van der Waals surface area contributed by atoms with Crippen LogP contribution in [-0.4, -0.2) is 21.1 Å². The van der Waals surface area contributed by atoms with Gasteiger partial charge in [0.2, 0.25) is 5.82 Å². The predicted octanol–water partition coefficient (Wildman–Crippen LogP) is 2.14. The van der Waals surface area contributed by atoms with Crippen LogP contribution in [0.25, 0.3) is 0 Å². The predicted molar refractivity (Wildman–Crippen MR) is 79.9 cm³/mol. The number of nitrogens with one attached hydrogen (secondary N) is 3. The Hall–Kier alpha value is -2.44. The van der Waals surface area contributed by atoms with E-state index in [4.69, 9.17) is 0 Å². The lowest BCUT2D eigenvalue weighted by Crippen LogP contribution is -2.32. The molecule has 1 aromatic heterocycles. The van der Waals surface area contributed by atoms with Crippen LogP contribution in [0.4, 0.5) is 4.39 Å². The monoisotopic (exact) mass is 306 g/mol. The van der Waals surface area contributed by atoms with Crippen molar-refractivity contribution in [3.05, 3.63) is 52.0 Å². The molecular weight excluding hydrogens is 287 g/mol. The topological polar surface area (TPSA) is 90.6 Å². The van der Waals surface area contributed by atoms with Crippen molar-refractivity contribution in [2.24, 2.45) is 5.41 Å². The molecule has 0 radical (unpaired) electrons. The Labute approximate surface area is 127 Å². The van der Waals surface area contributed by atoms with Crippen LogP contribution < -0.4 is 11.0 Å². The maximum atomic E-state index is 13.1. The fourth-order valence-corrected chi connectivity index (χ4v) is 2.16. The van der Waals surface area contributed by atoms with Gasteiger partial charge in [-0.25, -0.2) is 14.3 Å². The summed E-state index contributed by atoms with van der Waals surface area (Å²) in [5, 5.41) is 8.58. The van der Waals surface area contributed by atoms with Gasteiger partial charge in [0.25, 0.3) is 5.91 Å². The molecule has 0 spiro atoms. The second-order valence-electron chi connectivity index (χ2n) is 6.37. The number of carbonyl (C=O) groups is 1. The van der Waals surface area contributed by atoms with E-state index >= 15 is 0 Å². The Morgan fingerprint density at radius 3 is 2.45 bits per heavy atom. The molecule has 0 saturated heterocycles. The lowest BCUT2D eigenvalue weighted by atomic mass is 9.85. The molecule has 0 unspecified atom stereocenters. The summed E-state index contributed by atoms with van der Waals surface area (Å²) in [6.07, 6.45) is 0.652. The molecule has 2 aromatic rings. The smallest absolute Gasteiger partial charge is 0.341 e. The number of amides is 1. The van der Waals surface area contributed by atoms with Gasteiger partial charge in [-0.15, -0.1) is 5.10 Å². The summed E-state index contributed by atoms with van der Waals surface area (Å²) in [5.74, 6) is -0.899. The molecule has 1 aromatic carbocycles. The number of carbonyl (C=O) groups excluding carboxylic acids is 1. The van der Waals surface area contributed by atoms with E-state index in [1.165, 1.54) is 12.1 Å². The van der Waals surface area contributed by atoms with Gasteiger partial charge in [-0.3, -0.25) is 9.78 Å². The van der Waals surface area contributed by atoms with E-state index in [2.05, 4.69) is 20.5 Å². The van der Waals surface area contributed by atoms with Crippen LogP contribution in [0.1, 0.15) is 49.4 Å². The summed E-state index contributed by atoms with van der Waals surface area (Å²) in [6, 6.07) is 5.67. The average molecular weight is 306 g/mol. The Morgan fingerprint density at radius 2 is 1.95 bits per heavy atom. The lowest BCUT2D eigenvalue weighted by molar-refractivity contribution is 0.0916. The number of aromatic amines is 2. The number of H-pyrrole nitrogens is 2. The minimum Gasteiger partial charge on any atom is -0.342 e. The number of halogens is 1. The van der Waals surface area contributed by atoms with E-state index in [-0.39, 0.29) is 23.1 Å². The fourth-order valence-electron chi connectivity index (χ4n) is 2.16. The quantitative estimate of drug-likeness (QED) is 0.808. The summed E-state index contributed by atoms with van der Waals surface area (Å²) >= 11 is 0. The molecule has 0 aliphatic rings. The van der Waals surface area contributed by atoms with Crippen LogP contribution in [0.15, 0.2) is 29.1 Å². The highest BCUT2D eigenvalue weighted by molar-refractivity contribution is 5.90. The van der Waals surface area contributed by atoms with Crippen LogP contribution in [0, 0.1) is 11.2 Å². The van der Waals surface area contributed by atoms with Gasteiger partial charge in [-0.1, -0.05) is 32.9 Å². The van der Waals surface area contributed by atoms with Crippen molar-refractivity contribution in [3.8, 4) is 0 Å². The molecular formula is C15H19FN4O2. The molecule has 0 bridgehead atoms. The lowest BCUT2D eigenvalue weighted by Gasteiger charge is -2.27. The van der Waals surface area contributed by atoms with E-state index in [0.29, 0.717) is 6.42 Å². The Bertz CT molecular complexity index is 697. The van der Waals surface area contributed by atoms with E-state index < -0.39 is 11.6 Å². The van der Waals surface area contributed by atoms with Crippen molar-refractivity contribution in [2.75, 3.05) is 0 Å². The average Bonchev–Trinajstić information content (AvgIpc) is 2.84. The van der Waals surface area contributed by atoms with Gasteiger partial charge in [-0.2, -0.15) is 0 Å². The largest absolute Gasteiger partial charge is 0.342 e. The molecule has 2 rings (SSSR count). The number of hydrogen-bond donors (Lipinski definition) is 3. The van der Waals surface area contributed by atoms with Gasteiger partial charge < -0.3 is 5.32 Å². The molecule has 6 nitrogen and oxygen atoms in total. The number of rotatable bonds is 4. The number of nitrogens with zero attached hydrogens (tertiary/aromatic N) is 1. The minimum absolute atomic E-state index is 0.0503. The highest BCUT2D eigenvalue weighted by Gasteiger charge is 2.23. The van der Waals surface area contributed by atoms with E-state index in [0.717, 1.165) is 5.56 Å². The van der Waals surface area contributed by atoms with Crippen LogP contribution in [0.3, 0.4) is 0 Å². The molecule has 7 heteroatoms. The van der Waals surface area contributed by atoms with Crippen molar-refractivity contribution in [1.29, 1.82) is 0 Å². The Morgan fingerprint density at radius 1 is 1.32 bits per heavy atom. The van der Waals surface area contributed by atoms with Crippen LogP contribution >= 0.6 is 0 Å². The fraction of sp³-hybridized carbons (Fsp3) is 0.400. The molecule has 1 amide bonds. The second-order valence-corrected chi connectivity index (χ2v) is 6.37. The third-order valence-corrected chi connectivity index (χ3v) is 3.11. The highest BCUT2D eigenvalue weighted by atomic mass is 19.1. The number of aromatic nitrogens is 3. The first kappa shape index (κ1) is 15.9. The van der Waals surface area contributed by atoms with Gasteiger partial charge in [0.1, 0.15) is 5.82 Å². The Balaban J connectivity index is 2.22. The molecule has 0 fully saturated rings. The highest BCUT2D eigenvalue weighted by Crippen LogP contribution is 2.29. The summed E-state index contributed by atoms with van der Waals surface area (Å²) in [5.41, 5.74) is 0.201. The summed E-state index contributed by atoms with van der Waals surface area (Å²) < 4.78 is 13.1. The third kappa shape index (κ3) is 4.28. The van der Waals surface area contributed by atoms with Crippen LogP contribution in [0.5, 0.6) is 0 Å².